The van der Waals surface area contributed by atoms with Gasteiger partial charge in [-0.15, -0.1) is 0 Å². The SMILES string of the molecule is CCN(CC)Cc1ccc(CNCC2CCOCC2)cc1. The lowest BCUT2D eigenvalue weighted by atomic mass is 10.0. The van der Waals surface area contributed by atoms with Gasteiger partial charge in [0.15, 0.2) is 0 Å². The Kier molecular flexibility index (Phi) is 7.20. The molecule has 2 rings (SSSR count). The minimum atomic E-state index is 0.792. The first-order valence-corrected chi connectivity index (χ1v) is 8.40. The van der Waals surface area contributed by atoms with Gasteiger partial charge in [-0.25, -0.2) is 0 Å². The summed E-state index contributed by atoms with van der Waals surface area (Å²) in [5.41, 5.74) is 2.79. The van der Waals surface area contributed by atoms with Crippen LogP contribution in [0, 0.1) is 5.92 Å². The summed E-state index contributed by atoms with van der Waals surface area (Å²) in [5.74, 6) is 0.792. The van der Waals surface area contributed by atoms with E-state index in [1.807, 2.05) is 0 Å². The highest BCUT2D eigenvalue weighted by Crippen LogP contribution is 2.13. The Morgan fingerprint density at radius 2 is 1.67 bits per heavy atom. The molecule has 0 amide bonds. The van der Waals surface area contributed by atoms with Crippen LogP contribution in [0.15, 0.2) is 24.3 Å². The third kappa shape index (κ3) is 5.77. The van der Waals surface area contributed by atoms with Crippen LogP contribution in [0.4, 0.5) is 0 Å². The standard InChI is InChI=1S/C18H30N2O/c1-3-20(4-2)15-18-7-5-16(6-8-18)13-19-14-17-9-11-21-12-10-17/h5-8,17,19H,3-4,9-15H2,1-2H3. The van der Waals surface area contributed by atoms with Crippen molar-refractivity contribution in [1.29, 1.82) is 0 Å². The second-order valence-electron chi connectivity index (χ2n) is 5.96. The van der Waals surface area contributed by atoms with Gasteiger partial charge >= 0.3 is 0 Å². The lowest BCUT2D eigenvalue weighted by Gasteiger charge is -2.22. The molecule has 1 aliphatic heterocycles. The number of nitrogens with one attached hydrogen (secondary N) is 1. The second kappa shape index (κ2) is 9.19. The summed E-state index contributed by atoms with van der Waals surface area (Å²) in [6.45, 7) is 11.7. The summed E-state index contributed by atoms with van der Waals surface area (Å²) in [6, 6.07) is 9.05. The van der Waals surface area contributed by atoms with Crippen molar-refractivity contribution in [2.75, 3.05) is 32.8 Å². The zero-order valence-electron chi connectivity index (χ0n) is 13.6. The van der Waals surface area contributed by atoms with Crippen LogP contribution in [0.2, 0.25) is 0 Å². The number of rotatable bonds is 8. The first-order chi connectivity index (χ1) is 10.3. The summed E-state index contributed by atoms with van der Waals surface area (Å²) in [7, 11) is 0. The monoisotopic (exact) mass is 290 g/mol. The van der Waals surface area contributed by atoms with Crippen molar-refractivity contribution < 1.29 is 4.74 Å². The maximum absolute atomic E-state index is 5.40. The molecule has 3 nitrogen and oxygen atoms in total. The Morgan fingerprint density at radius 3 is 2.29 bits per heavy atom. The van der Waals surface area contributed by atoms with E-state index in [4.69, 9.17) is 4.74 Å². The predicted octanol–water partition coefficient (Wildman–Crippen LogP) is 3.04. The highest BCUT2D eigenvalue weighted by atomic mass is 16.5. The van der Waals surface area contributed by atoms with Crippen LogP contribution < -0.4 is 5.32 Å². The number of nitrogens with zero attached hydrogens (tertiary/aromatic N) is 1. The first-order valence-electron chi connectivity index (χ1n) is 8.40. The number of benzene rings is 1. The highest BCUT2D eigenvalue weighted by molar-refractivity contribution is 5.22. The second-order valence-corrected chi connectivity index (χ2v) is 5.96. The van der Waals surface area contributed by atoms with Crippen LogP contribution in [-0.4, -0.2) is 37.7 Å². The molecular weight excluding hydrogens is 260 g/mol. The van der Waals surface area contributed by atoms with E-state index in [2.05, 4.69) is 48.3 Å². The summed E-state index contributed by atoms with van der Waals surface area (Å²) in [4.78, 5) is 2.44. The van der Waals surface area contributed by atoms with Gasteiger partial charge in [0.05, 0.1) is 0 Å². The molecule has 0 aromatic heterocycles. The Bertz CT molecular complexity index is 381. The van der Waals surface area contributed by atoms with E-state index in [1.54, 1.807) is 0 Å². The first kappa shape index (κ1) is 16.5. The quantitative estimate of drug-likeness (QED) is 0.796. The van der Waals surface area contributed by atoms with Gasteiger partial charge in [-0.2, -0.15) is 0 Å². The molecule has 0 spiro atoms. The van der Waals surface area contributed by atoms with Crippen LogP contribution in [0.3, 0.4) is 0 Å². The van der Waals surface area contributed by atoms with E-state index < -0.39 is 0 Å². The van der Waals surface area contributed by atoms with Crippen molar-refractivity contribution in [1.82, 2.24) is 10.2 Å². The topological polar surface area (TPSA) is 24.5 Å². The van der Waals surface area contributed by atoms with E-state index >= 15 is 0 Å². The Morgan fingerprint density at radius 1 is 1.05 bits per heavy atom. The molecule has 0 saturated carbocycles. The molecule has 0 unspecified atom stereocenters. The summed E-state index contributed by atoms with van der Waals surface area (Å²) in [5, 5.41) is 3.59. The van der Waals surface area contributed by atoms with E-state index in [0.29, 0.717) is 0 Å². The van der Waals surface area contributed by atoms with E-state index in [-0.39, 0.29) is 0 Å². The Balaban J connectivity index is 1.71. The van der Waals surface area contributed by atoms with Crippen molar-refractivity contribution in [3.8, 4) is 0 Å². The predicted molar refractivity (Wildman–Crippen MR) is 88.3 cm³/mol. The number of ether oxygens (including phenoxy) is 1. The fraction of sp³-hybridized carbons (Fsp3) is 0.667. The van der Waals surface area contributed by atoms with Crippen molar-refractivity contribution >= 4 is 0 Å². The molecule has 1 aliphatic rings. The normalized spacial score (nSPS) is 16.5. The maximum atomic E-state index is 5.40. The lowest BCUT2D eigenvalue weighted by molar-refractivity contribution is 0.0662. The van der Waals surface area contributed by atoms with Crippen LogP contribution in [0.25, 0.3) is 0 Å². The van der Waals surface area contributed by atoms with Gasteiger partial charge in [0.1, 0.15) is 0 Å². The summed E-state index contributed by atoms with van der Waals surface area (Å²) >= 11 is 0. The molecule has 1 heterocycles. The Hall–Kier alpha value is -0.900. The molecule has 1 N–H and O–H groups in total. The average Bonchev–Trinajstić information content (AvgIpc) is 2.55. The third-order valence-electron chi connectivity index (χ3n) is 4.43. The average molecular weight is 290 g/mol. The van der Waals surface area contributed by atoms with E-state index in [0.717, 1.165) is 51.9 Å². The number of hydrogen-bond acceptors (Lipinski definition) is 3. The van der Waals surface area contributed by atoms with Crippen molar-refractivity contribution in [2.24, 2.45) is 5.92 Å². The molecule has 1 aromatic carbocycles. The molecule has 1 fully saturated rings. The van der Waals surface area contributed by atoms with Crippen LogP contribution in [-0.2, 0) is 17.8 Å². The smallest absolute Gasteiger partial charge is 0.0469 e. The van der Waals surface area contributed by atoms with Gasteiger partial charge < -0.3 is 10.1 Å². The highest BCUT2D eigenvalue weighted by Gasteiger charge is 2.12. The largest absolute Gasteiger partial charge is 0.381 e. The minimum absolute atomic E-state index is 0.792. The van der Waals surface area contributed by atoms with E-state index in [9.17, 15) is 0 Å². The molecule has 1 aromatic rings. The van der Waals surface area contributed by atoms with Crippen LogP contribution in [0.5, 0.6) is 0 Å². The molecule has 0 bridgehead atoms. The zero-order valence-corrected chi connectivity index (χ0v) is 13.6. The van der Waals surface area contributed by atoms with Crippen LogP contribution in [0.1, 0.15) is 37.8 Å². The maximum Gasteiger partial charge on any atom is 0.0469 e. The minimum Gasteiger partial charge on any atom is -0.381 e. The number of hydrogen-bond donors (Lipinski definition) is 1. The van der Waals surface area contributed by atoms with E-state index in [1.165, 1.54) is 24.0 Å². The molecule has 0 atom stereocenters. The zero-order chi connectivity index (χ0) is 14.9. The fourth-order valence-electron chi connectivity index (χ4n) is 2.84. The van der Waals surface area contributed by atoms with Gasteiger partial charge in [-0.1, -0.05) is 38.1 Å². The van der Waals surface area contributed by atoms with Gasteiger partial charge in [-0.05, 0) is 49.5 Å². The van der Waals surface area contributed by atoms with Crippen LogP contribution >= 0.6 is 0 Å². The molecule has 118 valence electrons. The summed E-state index contributed by atoms with van der Waals surface area (Å²) in [6.07, 6.45) is 2.41. The molecular formula is C18H30N2O. The third-order valence-corrected chi connectivity index (χ3v) is 4.43. The molecule has 0 aliphatic carbocycles. The molecule has 1 saturated heterocycles. The Labute approximate surface area is 129 Å². The van der Waals surface area contributed by atoms with Gasteiger partial charge in [0.25, 0.3) is 0 Å². The fourth-order valence-corrected chi connectivity index (χ4v) is 2.84. The van der Waals surface area contributed by atoms with Crippen molar-refractivity contribution in [3.05, 3.63) is 35.4 Å². The van der Waals surface area contributed by atoms with Crippen molar-refractivity contribution in [3.63, 3.8) is 0 Å². The van der Waals surface area contributed by atoms with Crippen molar-refractivity contribution in [2.45, 2.75) is 39.8 Å². The lowest BCUT2D eigenvalue weighted by Crippen LogP contribution is -2.27. The molecule has 3 heteroatoms. The molecule has 21 heavy (non-hydrogen) atoms. The van der Waals surface area contributed by atoms with Gasteiger partial charge in [0.2, 0.25) is 0 Å². The van der Waals surface area contributed by atoms with Gasteiger partial charge in [-0.3, -0.25) is 4.90 Å². The molecule has 0 radical (unpaired) electrons. The summed E-state index contributed by atoms with van der Waals surface area (Å²) < 4.78 is 5.40. The van der Waals surface area contributed by atoms with Gasteiger partial charge in [0, 0.05) is 26.3 Å².